The summed E-state index contributed by atoms with van der Waals surface area (Å²) in [5.74, 6) is 1.36. The molecule has 1 aromatic carbocycles. The molecule has 26 heavy (non-hydrogen) atoms. The number of ether oxygens (including phenoxy) is 2. The molecule has 0 bridgehead atoms. The zero-order chi connectivity index (χ0) is 17.6. The molecule has 2 aromatic rings. The molecule has 1 aliphatic rings. The Labute approximate surface area is 169 Å². The molecule has 1 fully saturated rings. The van der Waals surface area contributed by atoms with Crippen LogP contribution < -0.4 is 10.5 Å². The Balaban J connectivity index is 0.00000243. The first-order valence-electron chi connectivity index (χ1n) is 8.15. The van der Waals surface area contributed by atoms with Crippen LogP contribution in [0.3, 0.4) is 0 Å². The van der Waals surface area contributed by atoms with E-state index < -0.39 is 0 Å². The highest BCUT2D eigenvalue weighted by molar-refractivity contribution is 14.0. The molecule has 0 radical (unpaired) electrons. The van der Waals surface area contributed by atoms with E-state index in [-0.39, 0.29) is 35.9 Å². The number of nitrogens with zero attached hydrogens (tertiary/aromatic N) is 3. The Bertz CT molecular complexity index is 742. The second-order valence-corrected chi connectivity index (χ2v) is 5.84. The summed E-state index contributed by atoms with van der Waals surface area (Å²) >= 11 is 0. The molecule has 0 spiro atoms. The number of aromatic nitrogens is 1. The molecule has 140 valence electrons. The van der Waals surface area contributed by atoms with Gasteiger partial charge >= 0.3 is 0 Å². The van der Waals surface area contributed by atoms with Gasteiger partial charge in [-0.2, -0.15) is 0 Å². The third-order valence-electron chi connectivity index (χ3n) is 3.81. The van der Waals surface area contributed by atoms with Crippen molar-refractivity contribution >= 4 is 29.9 Å². The van der Waals surface area contributed by atoms with Gasteiger partial charge in [-0.15, -0.1) is 24.0 Å². The van der Waals surface area contributed by atoms with E-state index in [1.54, 1.807) is 30.5 Å². The van der Waals surface area contributed by atoms with Gasteiger partial charge in [-0.25, -0.2) is 9.38 Å². The van der Waals surface area contributed by atoms with Crippen molar-refractivity contribution in [3.8, 4) is 11.5 Å². The van der Waals surface area contributed by atoms with Gasteiger partial charge in [0, 0.05) is 25.4 Å². The van der Waals surface area contributed by atoms with Crippen LogP contribution in [0.5, 0.6) is 11.5 Å². The molecular weight excluding hydrogens is 450 g/mol. The Kier molecular flexibility index (Phi) is 7.58. The van der Waals surface area contributed by atoms with Crippen molar-refractivity contribution in [3.05, 3.63) is 54.1 Å². The van der Waals surface area contributed by atoms with Gasteiger partial charge in [0.1, 0.15) is 17.3 Å². The van der Waals surface area contributed by atoms with Crippen LogP contribution >= 0.6 is 24.0 Å². The summed E-state index contributed by atoms with van der Waals surface area (Å²) in [6.07, 6.45) is 1.80. The Morgan fingerprint density at radius 1 is 1.35 bits per heavy atom. The third-order valence-corrected chi connectivity index (χ3v) is 3.81. The van der Waals surface area contributed by atoms with Crippen molar-refractivity contribution in [3.63, 3.8) is 0 Å². The third kappa shape index (κ3) is 5.80. The zero-order valence-electron chi connectivity index (χ0n) is 14.5. The summed E-state index contributed by atoms with van der Waals surface area (Å²) in [5, 5.41) is 0. The van der Waals surface area contributed by atoms with Gasteiger partial charge in [-0.1, -0.05) is 0 Å². The molecule has 2 heterocycles. The molecule has 0 amide bonds. The molecule has 1 aliphatic heterocycles. The van der Waals surface area contributed by atoms with Gasteiger partial charge in [-0.3, -0.25) is 4.98 Å². The molecule has 0 aliphatic carbocycles. The van der Waals surface area contributed by atoms with E-state index in [1.165, 1.54) is 12.1 Å². The van der Waals surface area contributed by atoms with E-state index in [4.69, 9.17) is 15.2 Å². The number of nitrogens with two attached hydrogens (primary N) is 1. The number of benzene rings is 1. The molecule has 6 nitrogen and oxygen atoms in total. The summed E-state index contributed by atoms with van der Waals surface area (Å²) < 4.78 is 24.1. The van der Waals surface area contributed by atoms with Crippen LogP contribution in [0.15, 0.2) is 47.6 Å². The summed E-state index contributed by atoms with van der Waals surface area (Å²) in [5.41, 5.74) is 6.80. The first-order valence-corrected chi connectivity index (χ1v) is 8.15. The highest BCUT2D eigenvalue weighted by Crippen LogP contribution is 2.21. The molecule has 1 unspecified atom stereocenters. The number of pyridine rings is 1. The number of aliphatic imine (C=N–C) groups is 1. The minimum Gasteiger partial charge on any atom is -0.457 e. The zero-order valence-corrected chi connectivity index (χ0v) is 16.8. The predicted molar refractivity (Wildman–Crippen MR) is 108 cm³/mol. The van der Waals surface area contributed by atoms with E-state index in [0.717, 1.165) is 18.8 Å². The largest absolute Gasteiger partial charge is 0.457 e. The second kappa shape index (κ2) is 9.67. The first kappa shape index (κ1) is 20.4. The summed E-state index contributed by atoms with van der Waals surface area (Å²) in [6.45, 7) is 4.49. The number of morpholine rings is 1. The van der Waals surface area contributed by atoms with Crippen LogP contribution in [0.4, 0.5) is 4.39 Å². The van der Waals surface area contributed by atoms with Crippen LogP contribution in [-0.2, 0) is 11.3 Å². The van der Waals surface area contributed by atoms with Crippen molar-refractivity contribution in [1.82, 2.24) is 9.88 Å². The van der Waals surface area contributed by atoms with Crippen molar-refractivity contribution in [1.29, 1.82) is 0 Å². The summed E-state index contributed by atoms with van der Waals surface area (Å²) in [7, 11) is 0. The molecule has 8 heteroatoms. The molecule has 0 saturated carbocycles. The SMILES string of the molecule is CC1CN(C(N)=NCc2cc(Oc3ccc(F)cc3)ccn2)CCO1.I. The van der Waals surface area contributed by atoms with Gasteiger partial charge in [-0.05, 0) is 37.3 Å². The quantitative estimate of drug-likeness (QED) is 0.421. The van der Waals surface area contributed by atoms with E-state index >= 15 is 0 Å². The first-order chi connectivity index (χ1) is 12.1. The van der Waals surface area contributed by atoms with Gasteiger partial charge in [0.25, 0.3) is 0 Å². The highest BCUT2D eigenvalue weighted by atomic mass is 127. The number of guanidine groups is 1. The number of halogens is 2. The minimum absolute atomic E-state index is 0. The van der Waals surface area contributed by atoms with Crippen LogP contribution in [-0.4, -0.2) is 41.6 Å². The Morgan fingerprint density at radius 3 is 2.85 bits per heavy atom. The lowest BCUT2D eigenvalue weighted by atomic mass is 10.3. The monoisotopic (exact) mass is 472 g/mol. The van der Waals surface area contributed by atoms with Crippen LogP contribution in [0, 0.1) is 5.82 Å². The Hall–Kier alpha value is -1.94. The normalized spacial score (nSPS) is 17.5. The van der Waals surface area contributed by atoms with E-state index in [2.05, 4.69) is 9.98 Å². The number of rotatable bonds is 4. The molecule has 1 aromatic heterocycles. The average Bonchev–Trinajstić information content (AvgIpc) is 2.62. The molecule has 2 N–H and O–H groups in total. The smallest absolute Gasteiger partial charge is 0.191 e. The highest BCUT2D eigenvalue weighted by Gasteiger charge is 2.17. The minimum atomic E-state index is -0.301. The Morgan fingerprint density at radius 2 is 2.12 bits per heavy atom. The van der Waals surface area contributed by atoms with E-state index in [9.17, 15) is 4.39 Å². The van der Waals surface area contributed by atoms with Crippen molar-refractivity contribution < 1.29 is 13.9 Å². The molecule has 3 rings (SSSR count). The van der Waals surface area contributed by atoms with Crippen molar-refractivity contribution in [2.24, 2.45) is 10.7 Å². The van der Waals surface area contributed by atoms with Crippen LogP contribution in [0.1, 0.15) is 12.6 Å². The lowest BCUT2D eigenvalue weighted by molar-refractivity contribution is 0.00528. The number of hydrogen-bond acceptors (Lipinski definition) is 4. The molecular formula is C18H22FIN4O2. The fourth-order valence-corrected chi connectivity index (χ4v) is 2.53. The van der Waals surface area contributed by atoms with Crippen molar-refractivity contribution in [2.45, 2.75) is 19.6 Å². The van der Waals surface area contributed by atoms with E-state index in [1.807, 2.05) is 11.8 Å². The lowest BCUT2D eigenvalue weighted by Gasteiger charge is -2.31. The summed E-state index contributed by atoms with van der Waals surface area (Å²) in [6, 6.07) is 9.39. The average molecular weight is 472 g/mol. The molecule has 1 atom stereocenters. The molecule has 1 saturated heterocycles. The lowest BCUT2D eigenvalue weighted by Crippen LogP contribution is -2.47. The second-order valence-electron chi connectivity index (χ2n) is 5.84. The van der Waals surface area contributed by atoms with Gasteiger partial charge in [0.15, 0.2) is 5.96 Å². The maximum absolute atomic E-state index is 12.9. The topological polar surface area (TPSA) is 73.0 Å². The standard InChI is InChI=1S/C18H21FN4O2.HI/c1-13-12-23(8-9-24-13)18(20)22-11-15-10-17(6-7-21-15)25-16-4-2-14(19)3-5-16;/h2-7,10,13H,8-9,11-12H2,1H3,(H2,20,22);1H. The maximum Gasteiger partial charge on any atom is 0.191 e. The van der Waals surface area contributed by atoms with Gasteiger partial charge < -0.3 is 20.1 Å². The van der Waals surface area contributed by atoms with Crippen molar-refractivity contribution in [2.75, 3.05) is 19.7 Å². The van der Waals surface area contributed by atoms with Crippen LogP contribution in [0.2, 0.25) is 0 Å². The fraction of sp³-hybridized carbons (Fsp3) is 0.333. The maximum atomic E-state index is 12.9. The van der Waals surface area contributed by atoms with E-state index in [0.29, 0.717) is 30.6 Å². The predicted octanol–water partition coefficient (Wildman–Crippen LogP) is 3.17. The summed E-state index contributed by atoms with van der Waals surface area (Å²) in [4.78, 5) is 10.7. The number of hydrogen-bond donors (Lipinski definition) is 1. The fourth-order valence-electron chi connectivity index (χ4n) is 2.53. The van der Waals surface area contributed by atoms with Gasteiger partial charge in [0.05, 0.1) is 24.9 Å². The van der Waals surface area contributed by atoms with Gasteiger partial charge in [0.2, 0.25) is 0 Å². The van der Waals surface area contributed by atoms with Crippen LogP contribution in [0.25, 0.3) is 0 Å².